The molecule has 0 radical (unpaired) electrons. The third-order valence-corrected chi connectivity index (χ3v) is 6.51. The van der Waals surface area contributed by atoms with Crippen LogP contribution in [0.2, 0.25) is 0 Å². The van der Waals surface area contributed by atoms with Crippen LogP contribution in [0.3, 0.4) is 0 Å². The predicted octanol–water partition coefficient (Wildman–Crippen LogP) is 1.85. The molecule has 1 fully saturated rings. The molecule has 34 heavy (non-hydrogen) atoms. The van der Waals surface area contributed by atoms with Crippen LogP contribution in [0.1, 0.15) is 19.9 Å². The number of likely N-dealkylation sites (tertiary alicyclic amines) is 1. The number of aromatic nitrogens is 4. The van der Waals surface area contributed by atoms with Crippen LogP contribution in [-0.4, -0.2) is 64.1 Å². The highest BCUT2D eigenvalue weighted by Gasteiger charge is 2.43. The molecule has 0 amide bonds. The number of fused-ring (bicyclic) bond motifs is 1. The molecule has 3 heterocycles. The van der Waals surface area contributed by atoms with Crippen LogP contribution < -0.4 is 16.0 Å². The van der Waals surface area contributed by atoms with E-state index in [0.29, 0.717) is 0 Å². The Morgan fingerprint density at radius 2 is 1.94 bits per heavy atom. The maximum atomic E-state index is 14.8. The van der Waals surface area contributed by atoms with Crippen molar-refractivity contribution in [3.8, 4) is 11.3 Å². The number of nitrogens with zero attached hydrogens (tertiary/aromatic N) is 5. The number of rotatable bonds is 7. The molecule has 1 aliphatic rings. The van der Waals surface area contributed by atoms with E-state index >= 15 is 0 Å². The molecule has 14 heteroatoms. The SMILES string of the molecule is CC(C)n1c(=O)c(-c2ccc(NS(=O)(=O)CCN3CC(F)(F)C3)c(F)c2)nc2cnc(N)nc21. The number of benzene rings is 1. The van der Waals surface area contributed by atoms with Gasteiger partial charge in [0.25, 0.3) is 11.5 Å². The fourth-order valence-electron chi connectivity index (χ4n) is 3.66. The number of nitrogens with two attached hydrogens (primary N) is 1. The Balaban J connectivity index is 1.60. The standard InChI is InChI=1S/C20H22F3N7O3S/c1-11(2)30-17-15(8-25-19(24)27-17)26-16(18(30)31)12-3-4-14(13(21)7-12)28-34(32,33)6-5-29-9-20(22,23)10-29/h3-4,7-8,11,28H,5-6,9-10H2,1-2H3,(H2,24,25,27). The van der Waals surface area contributed by atoms with E-state index in [-0.39, 0.29) is 46.6 Å². The van der Waals surface area contributed by atoms with E-state index < -0.39 is 46.2 Å². The molecule has 1 aliphatic heterocycles. The second-order valence-corrected chi connectivity index (χ2v) is 10.2. The number of alkyl halides is 2. The zero-order valence-electron chi connectivity index (χ0n) is 18.3. The smallest absolute Gasteiger partial charge is 0.278 e. The van der Waals surface area contributed by atoms with Gasteiger partial charge in [0.15, 0.2) is 5.65 Å². The zero-order valence-corrected chi connectivity index (χ0v) is 19.1. The molecule has 0 atom stereocenters. The first-order valence-electron chi connectivity index (χ1n) is 10.3. The molecule has 3 aromatic rings. The van der Waals surface area contributed by atoms with Crippen LogP contribution >= 0.6 is 0 Å². The van der Waals surface area contributed by atoms with E-state index in [1.54, 1.807) is 13.8 Å². The number of anilines is 2. The minimum absolute atomic E-state index is 0.0265. The Labute approximate surface area is 192 Å². The van der Waals surface area contributed by atoms with E-state index in [4.69, 9.17) is 5.73 Å². The van der Waals surface area contributed by atoms with E-state index in [1.165, 1.54) is 27.8 Å². The van der Waals surface area contributed by atoms with Gasteiger partial charge in [-0.25, -0.2) is 31.6 Å². The number of nitrogens with one attached hydrogen (secondary N) is 1. The summed E-state index contributed by atoms with van der Waals surface area (Å²) in [7, 11) is -3.99. The minimum atomic E-state index is -3.99. The summed E-state index contributed by atoms with van der Waals surface area (Å²) in [4.78, 5) is 26.6. The van der Waals surface area contributed by atoms with Crippen LogP contribution in [0.5, 0.6) is 0 Å². The molecule has 2 aromatic heterocycles. The molecule has 182 valence electrons. The van der Waals surface area contributed by atoms with E-state index in [1.807, 2.05) is 0 Å². The van der Waals surface area contributed by atoms with Gasteiger partial charge in [-0.1, -0.05) is 6.07 Å². The van der Waals surface area contributed by atoms with Crippen LogP contribution in [0.4, 0.5) is 24.8 Å². The van der Waals surface area contributed by atoms with Gasteiger partial charge in [-0.3, -0.25) is 19.0 Å². The second-order valence-electron chi connectivity index (χ2n) is 8.35. The van der Waals surface area contributed by atoms with Gasteiger partial charge >= 0.3 is 0 Å². The van der Waals surface area contributed by atoms with Crippen molar-refractivity contribution < 1.29 is 21.6 Å². The predicted molar refractivity (Wildman–Crippen MR) is 121 cm³/mol. The molecular weight excluding hydrogens is 475 g/mol. The first-order valence-corrected chi connectivity index (χ1v) is 12.0. The molecule has 10 nitrogen and oxygen atoms in total. The fourth-order valence-corrected chi connectivity index (χ4v) is 4.76. The number of sulfonamides is 1. The first-order chi connectivity index (χ1) is 15.8. The lowest BCUT2D eigenvalue weighted by atomic mass is 10.1. The molecular formula is C20H22F3N7O3S. The second kappa shape index (κ2) is 8.51. The van der Waals surface area contributed by atoms with E-state index in [9.17, 15) is 26.4 Å². The summed E-state index contributed by atoms with van der Waals surface area (Å²) in [5, 5.41) is 0. The van der Waals surface area contributed by atoms with Gasteiger partial charge in [0.2, 0.25) is 16.0 Å². The van der Waals surface area contributed by atoms with Gasteiger partial charge in [-0.2, -0.15) is 4.98 Å². The van der Waals surface area contributed by atoms with Crippen molar-refractivity contribution in [2.24, 2.45) is 0 Å². The summed E-state index contributed by atoms with van der Waals surface area (Å²) in [5.74, 6) is -4.23. The lowest BCUT2D eigenvalue weighted by molar-refractivity contribution is -0.128. The third-order valence-electron chi connectivity index (χ3n) is 5.26. The highest BCUT2D eigenvalue weighted by atomic mass is 32.2. The molecule has 0 bridgehead atoms. The van der Waals surface area contributed by atoms with Gasteiger partial charge < -0.3 is 5.73 Å². The summed E-state index contributed by atoms with van der Waals surface area (Å²) < 4.78 is 68.6. The molecule has 1 saturated heterocycles. The Morgan fingerprint density at radius 1 is 1.24 bits per heavy atom. The van der Waals surface area contributed by atoms with Crippen molar-refractivity contribution in [2.45, 2.75) is 25.8 Å². The number of nitrogen functional groups attached to an aromatic ring is 1. The molecule has 0 unspecified atom stereocenters. The van der Waals surface area contributed by atoms with Crippen molar-refractivity contribution in [3.63, 3.8) is 0 Å². The Hall–Kier alpha value is -3.26. The van der Waals surface area contributed by atoms with Gasteiger partial charge in [0.1, 0.15) is 17.0 Å². The Kier molecular flexibility index (Phi) is 5.97. The summed E-state index contributed by atoms with van der Waals surface area (Å²) >= 11 is 0. The topological polar surface area (TPSA) is 136 Å². The summed E-state index contributed by atoms with van der Waals surface area (Å²) in [6.45, 7) is 2.42. The Bertz CT molecular complexity index is 1420. The van der Waals surface area contributed by atoms with Gasteiger partial charge in [0, 0.05) is 18.2 Å². The highest BCUT2D eigenvalue weighted by Crippen LogP contribution is 2.27. The molecule has 4 rings (SSSR count). The summed E-state index contributed by atoms with van der Waals surface area (Å²) in [6, 6.07) is 3.21. The van der Waals surface area contributed by atoms with Crippen LogP contribution in [0.25, 0.3) is 22.4 Å². The van der Waals surface area contributed by atoms with Crippen LogP contribution in [-0.2, 0) is 10.0 Å². The van der Waals surface area contributed by atoms with E-state index in [2.05, 4.69) is 19.7 Å². The monoisotopic (exact) mass is 497 g/mol. The minimum Gasteiger partial charge on any atom is -0.368 e. The van der Waals surface area contributed by atoms with Crippen molar-refractivity contribution in [3.05, 3.63) is 40.6 Å². The van der Waals surface area contributed by atoms with Crippen molar-refractivity contribution >= 4 is 32.8 Å². The first kappa shape index (κ1) is 23.9. The molecule has 1 aromatic carbocycles. The lowest BCUT2D eigenvalue weighted by Gasteiger charge is -2.38. The molecule has 0 saturated carbocycles. The highest BCUT2D eigenvalue weighted by molar-refractivity contribution is 7.92. The van der Waals surface area contributed by atoms with E-state index in [0.717, 1.165) is 6.07 Å². The average Bonchev–Trinajstić information content (AvgIpc) is 2.71. The van der Waals surface area contributed by atoms with Crippen molar-refractivity contribution in [1.29, 1.82) is 0 Å². The summed E-state index contributed by atoms with van der Waals surface area (Å²) in [6.07, 6.45) is 1.35. The van der Waals surface area contributed by atoms with Crippen molar-refractivity contribution in [1.82, 2.24) is 24.4 Å². The molecule has 0 aliphatic carbocycles. The van der Waals surface area contributed by atoms with Gasteiger partial charge in [0.05, 0.1) is 30.7 Å². The Morgan fingerprint density at radius 3 is 2.56 bits per heavy atom. The third kappa shape index (κ3) is 4.82. The molecule has 0 spiro atoms. The van der Waals surface area contributed by atoms with Crippen molar-refractivity contribution in [2.75, 3.05) is 35.8 Å². The lowest BCUT2D eigenvalue weighted by Crippen LogP contribution is -2.57. The normalized spacial score (nSPS) is 16.1. The average molecular weight is 498 g/mol. The maximum absolute atomic E-state index is 14.8. The largest absolute Gasteiger partial charge is 0.368 e. The summed E-state index contributed by atoms with van der Waals surface area (Å²) in [5.41, 5.74) is 5.34. The fraction of sp³-hybridized carbons (Fsp3) is 0.400. The number of hydrogen-bond acceptors (Lipinski definition) is 8. The number of halogens is 3. The quantitative estimate of drug-likeness (QED) is 0.505. The van der Waals surface area contributed by atoms with Gasteiger partial charge in [-0.15, -0.1) is 0 Å². The zero-order chi connectivity index (χ0) is 24.8. The van der Waals surface area contributed by atoms with Crippen LogP contribution in [0.15, 0.2) is 29.2 Å². The van der Waals surface area contributed by atoms with Crippen LogP contribution in [0, 0.1) is 5.82 Å². The molecule has 3 N–H and O–H groups in total. The van der Waals surface area contributed by atoms with Gasteiger partial charge in [-0.05, 0) is 26.0 Å². The number of hydrogen-bond donors (Lipinski definition) is 2. The maximum Gasteiger partial charge on any atom is 0.278 e.